The van der Waals surface area contributed by atoms with Crippen LogP contribution in [0.2, 0.25) is 0 Å². The second-order valence-electron chi connectivity index (χ2n) is 3.20. The fourth-order valence-corrected chi connectivity index (χ4v) is 1.17. The molecule has 0 fully saturated rings. The molecule has 0 saturated carbocycles. The minimum absolute atomic E-state index is 0.00987. The number of benzene rings is 1. The second-order valence-corrected chi connectivity index (χ2v) is 3.20. The number of urea groups is 1. The predicted octanol–water partition coefficient (Wildman–Crippen LogP) is 1.38. The molecule has 1 aromatic rings. The van der Waals surface area contributed by atoms with Crippen LogP contribution in [0.3, 0.4) is 0 Å². The average Bonchev–Trinajstić information content (AvgIpc) is 2.37. The summed E-state index contributed by atoms with van der Waals surface area (Å²) in [7, 11) is 0. The van der Waals surface area contributed by atoms with Gasteiger partial charge in [0.15, 0.2) is 0 Å². The van der Waals surface area contributed by atoms with Crippen LogP contribution in [0.15, 0.2) is 24.3 Å². The number of carbonyl (C=O) groups excluding carboxylic acids is 2. The quantitative estimate of drug-likeness (QED) is 0.564. The molecule has 3 amide bonds. The first-order chi connectivity index (χ1) is 9.04. The Morgan fingerprint density at radius 3 is 2.63 bits per heavy atom. The maximum atomic E-state index is 11.4. The highest BCUT2D eigenvalue weighted by molar-refractivity contribution is 5.92. The average molecular weight is 268 g/mol. The fourth-order valence-electron chi connectivity index (χ4n) is 1.17. The Morgan fingerprint density at radius 1 is 1.32 bits per heavy atom. The van der Waals surface area contributed by atoms with Crippen molar-refractivity contribution in [3.63, 3.8) is 0 Å². The zero-order valence-electron chi connectivity index (χ0n) is 10.0. The molecule has 0 heterocycles. The second kappa shape index (κ2) is 6.79. The summed E-state index contributed by atoms with van der Waals surface area (Å²) in [5.41, 5.74) is 3.70. The summed E-state index contributed by atoms with van der Waals surface area (Å²) in [5.74, 6) is 0. The van der Waals surface area contributed by atoms with E-state index in [-0.39, 0.29) is 18.0 Å². The molecule has 0 radical (unpaired) electrons. The van der Waals surface area contributed by atoms with Gasteiger partial charge in [-0.25, -0.2) is 20.4 Å². The van der Waals surface area contributed by atoms with Crippen molar-refractivity contribution < 1.29 is 19.2 Å². The number of carbonyl (C=O) groups is 2. The highest BCUT2D eigenvalue weighted by atomic mass is 16.6. The van der Waals surface area contributed by atoms with E-state index in [4.69, 9.17) is 0 Å². The van der Waals surface area contributed by atoms with Gasteiger partial charge >= 0.3 is 12.1 Å². The Balaban J connectivity index is 2.58. The van der Waals surface area contributed by atoms with E-state index in [1.165, 1.54) is 24.3 Å². The third-order valence-electron chi connectivity index (χ3n) is 1.90. The first-order valence-corrected chi connectivity index (χ1v) is 5.27. The van der Waals surface area contributed by atoms with Crippen LogP contribution in [0, 0.1) is 10.1 Å². The first-order valence-electron chi connectivity index (χ1n) is 5.27. The monoisotopic (exact) mass is 268 g/mol. The Hall–Kier alpha value is -2.84. The van der Waals surface area contributed by atoms with Gasteiger partial charge in [0.25, 0.3) is 5.69 Å². The van der Waals surface area contributed by atoms with Crippen molar-refractivity contribution in [3.8, 4) is 0 Å². The van der Waals surface area contributed by atoms with Gasteiger partial charge in [-0.15, -0.1) is 0 Å². The Labute approximate surface area is 108 Å². The van der Waals surface area contributed by atoms with Crippen molar-refractivity contribution in [3.05, 3.63) is 34.4 Å². The number of ether oxygens (including phenoxy) is 1. The van der Waals surface area contributed by atoms with Crippen LogP contribution in [0.1, 0.15) is 6.92 Å². The molecule has 19 heavy (non-hydrogen) atoms. The summed E-state index contributed by atoms with van der Waals surface area (Å²) in [4.78, 5) is 32.3. The molecular formula is C10H12N4O5. The predicted molar refractivity (Wildman–Crippen MR) is 65.4 cm³/mol. The van der Waals surface area contributed by atoms with Crippen LogP contribution in [-0.2, 0) is 4.74 Å². The summed E-state index contributed by atoms with van der Waals surface area (Å²) in [6.07, 6.45) is -0.833. The maximum absolute atomic E-state index is 11.4. The Morgan fingerprint density at radius 2 is 2.00 bits per heavy atom. The van der Waals surface area contributed by atoms with Gasteiger partial charge in [0.2, 0.25) is 0 Å². The van der Waals surface area contributed by atoms with Gasteiger partial charge in [-0.1, -0.05) is 12.1 Å². The zero-order valence-corrected chi connectivity index (χ0v) is 10.0. The molecule has 102 valence electrons. The lowest BCUT2D eigenvalue weighted by Crippen LogP contribution is -2.44. The summed E-state index contributed by atoms with van der Waals surface area (Å²) in [6.45, 7) is 1.76. The van der Waals surface area contributed by atoms with E-state index in [0.29, 0.717) is 0 Å². The van der Waals surface area contributed by atoms with Gasteiger partial charge in [0.05, 0.1) is 11.5 Å². The van der Waals surface area contributed by atoms with E-state index in [0.717, 1.165) is 0 Å². The standard InChI is InChI=1S/C10H12N4O5/c1-2-19-10(16)13-12-9(15)11-7-5-3-4-6-8(7)14(17)18/h3-6H,2H2,1H3,(H,13,16)(H2,11,12,15). The van der Waals surface area contributed by atoms with Crippen LogP contribution in [0.4, 0.5) is 21.0 Å². The molecular weight excluding hydrogens is 256 g/mol. The topological polar surface area (TPSA) is 123 Å². The molecule has 0 spiro atoms. The lowest BCUT2D eigenvalue weighted by Gasteiger charge is -2.08. The smallest absolute Gasteiger partial charge is 0.426 e. The summed E-state index contributed by atoms with van der Waals surface area (Å²) in [5, 5.41) is 12.9. The number of nitro benzene ring substituents is 1. The van der Waals surface area contributed by atoms with Crippen molar-refractivity contribution >= 4 is 23.5 Å². The number of nitro groups is 1. The molecule has 0 aliphatic heterocycles. The number of nitrogens with one attached hydrogen (secondary N) is 3. The molecule has 0 aromatic heterocycles. The van der Waals surface area contributed by atoms with Crippen LogP contribution in [0.25, 0.3) is 0 Å². The third kappa shape index (κ3) is 4.50. The summed E-state index contributed by atoms with van der Waals surface area (Å²) in [6, 6.07) is 4.78. The van der Waals surface area contributed by atoms with Gasteiger partial charge in [0.1, 0.15) is 5.69 Å². The normalized spacial score (nSPS) is 9.32. The van der Waals surface area contributed by atoms with Crippen molar-refractivity contribution in [1.29, 1.82) is 0 Å². The molecule has 9 heteroatoms. The largest absolute Gasteiger partial charge is 0.449 e. The molecule has 0 unspecified atom stereocenters. The maximum Gasteiger partial charge on any atom is 0.426 e. The molecule has 0 bridgehead atoms. The van der Waals surface area contributed by atoms with Gasteiger partial charge in [0, 0.05) is 6.07 Å². The number of para-hydroxylation sites is 2. The number of hydrazine groups is 1. The van der Waals surface area contributed by atoms with Gasteiger partial charge in [-0.2, -0.15) is 0 Å². The van der Waals surface area contributed by atoms with Gasteiger partial charge < -0.3 is 10.1 Å². The highest BCUT2D eigenvalue weighted by Crippen LogP contribution is 2.22. The fraction of sp³-hybridized carbons (Fsp3) is 0.200. The van der Waals surface area contributed by atoms with E-state index >= 15 is 0 Å². The summed E-state index contributed by atoms with van der Waals surface area (Å²) < 4.78 is 4.50. The van der Waals surface area contributed by atoms with Gasteiger partial charge in [-0.3, -0.25) is 10.1 Å². The van der Waals surface area contributed by atoms with Crippen LogP contribution in [-0.4, -0.2) is 23.7 Å². The minimum Gasteiger partial charge on any atom is -0.449 e. The SMILES string of the molecule is CCOC(=O)NNC(=O)Nc1ccccc1[N+](=O)[O-]. The van der Waals surface area contributed by atoms with Crippen molar-refractivity contribution in [2.24, 2.45) is 0 Å². The van der Waals surface area contributed by atoms with Crippen molar-refractivity contribution in [2.45, 2.75) is 6.92 Å². The number of amides is 3. The van der Waals surface area contributed by atoms with Gasteiger partial charge in [-0.05, 0) is 13.0 Å². The number of rotatable bonds is 3. The van der Waals surface area contributed by atoms with Crippen molar-refractivity contribution in [1.82, 2.24) is 10.9 Å². The molecule has 0 saturated heterocycles. The molecule has 0 aliphatic carbocycles. The number of hydrogen-bond acceptors (Lipinski definition) is 5. The van der Waals surface area contributed by atoms with E-state index in [2.05, 4.69) is 10.1 Å². The van der Waals surface area contributed by atoms with E-state index < -0.39 is 17.0 Å². The first kappa shape index (κ1) is 14.2. The lowest BCUT2D eigenvalue weighted by molar-refractivity contribution is -0.383. The number of anilines is 1. The Kier molecular flexibility index (Phi) is 5.08. The van der Waals surface area contributed by atoms with Crippen LogP contribution < -0.4 is 16.2 Å². The summed E-state index contributed by atoms with van der Waals surface area (Å²) >= 11 is 0. The van der Waals surface area contributed by atoms with Crippen molar-refractivity contribution in [2.75, 3.05) is 11.9 Å². The molecule has 1 rings (SSSR count). The van der Waals surface area contributed by atoms with E-state index in [1.54, 1.807) is 6.92 Å². The lowest BCUT2D eigenvalue weighted by atomic mass is 10.3. The minimum atomic E-state index is -0.833. The highest BCUT2D eigenvalue weighted by Gasteiger charge is 2.14. The van der Waals surface area contributed by atoms with E-state index in [9.17, 15) is 19.7 Å². The van der Waals surface area contributed by atoms with Crippen LogP contribution >= 0.6 is 0 Å². The number of nitrogens with zero attached hydrogens (tertiary/aromatic N) is 1. The molecule has 9 nitrogen and oxygen atoms in total. The number of hydrogen-bond donors (Lipinski definition) is 3. The third-order valence-corrected chi connectivity index (χ3v) is 1.90. The molecule has 0 atom stereocenters. The molecule has 1 aromatic carbocycles. The zero-order chi connectivity index (χ0) is 14.3. The van der Waals surface area contributed by atoms with E-state index in [1.807, 2.05) is 10.9 Å². The Bertz CT molecular complexity index is 491. The molecule has 0 aliphatic rings. The molecule has 3 N–H and O–H groups in total. The van der Waals surface area contributed by atoms with Crippen LogP contribution in [0.5, 0.6) is 0 Å².